The van der Waals surface area contributed by atoms with Gasteiger partial charge in [0.1, 0.15) is 0 Å². The number of benzene rings is 2. The Bertz CT molecular complexity index is 760. The van der Waals surface area contributed by atoms with Gasteiger partial charge in [-0.2, -0.15) is 0 Å². The highest BCUT2D eigenvalue weighted by molar-refractivity contribution is 5.95. The number of nitrogens with one attached hydrogen (secondary N) is 1. The maximum atomic E-state index is 12.5. The maximum Gasteiger partial charge on any atom is 0.251 e. The first-order valence-electron chi connectivity index (χ1n) is 10.1. The highest BCUT2D eigenvalue weighted by Crippen LogP contribution is 2.22. The van der Waals surface area contributed by atoms with Crippen molar-refractivity contribution in [3.05, 3.63) is 59.7 Å². The summed E-state index contributed by atoms with van der Waals surface area (Å²) >= 11 is 0. The van der Waals surface area contributed by atoms with E-state index < -0.39 is 0 Å². The standard InChI is InChI=1S/C23H28N2O2/c26-23(24-22-11-14-27-17-22)21-6-4-5-20(15-21)19-9-7-18(8-10-19)16-25-12-2-1-3-13-25/h4-10,15,22H,1-3,11-14,16-17H2,(H,24,26)/t22-/m1/s1. The summed E-state index contributed by atoms with van der Waals surface area (Å²) in [6.45, 7) is 4.81. The van der Waals surface area contributed by atoms with Crippen molar-refractivity contribution in [1.29, 1.82) is 0 Å². The molecule has 0 bridgehead atoms. The van der Waals surface area contributed by atoms with Gasteiger partial charge in [0.25, 0.3) is 5.91 Å². The van der Waals surface area contributed by atoms with E-state index in [1.54, 1.807) is 0 Å². The predicted octanol–water partition coefficient (Wildman–Crippen LogP) is 3.86. The Kier molecular flexibility index (Phi) is 5.85. The third-order valence-corrected chi connectivity index (χ3v) is 5.53. The van der Waals surface area contributed by atoms with Crippen LogP contribution in [0.5, 0.6) is 0 Å². The summed E-state index contributed by atoms with van der Waals surface area (Å²) in [7, 11) is 0. The molecule has 0 aromatic heterocycles. The van der Waals surface area contributed by atoms with Crippen LogP contribution < -0.4 is 5.32 Å². The molecule has 2 aromatic carbocycles. The minimum absolute atomic E-state index is 0.0194. The van der Waals surface area contributed by atoms with Crippen LogP contribution in [0.25, 0.3) is 11.1 Å². The van der Waals surface area contributed by atoms with E-state index in [9.17, 15) is 4.79 Å². The number of amides is 1. The second-order valence-corrected chi connectivity index (χ2v) is 7.65. The molecule has 2 fully saturated rings. The Morgan fingerprint density at radius 3 is 2.59 bits per heavy atom. The lowest BCUT2D eigenvalue weighted by Gasteiger charge is -2.26. The molecule has 142 valence electrons. The van der Waals surface area contributed by atoms with E-state index in [4.69, 9.17) is 4.74 Å². The molecular formula is C23H28N2O2. The van der Waals surface area contributed by atoms with E-state index in [2.05, 4.69) is 40.5 Å². The van der Waals surface area contributed by atoms with Crippen molar-refractivity contribution in [3.63, 3.8) is 0 Å². The highest BCUT2D eigenvalue weighted by atomic mass is 16.5. The lowest BCUT2D eigenvalue weighted by atomic mass is 10.0. The zero-order chi connectivity index (χ0) is 18.5. The number of rotatable bonds is 5. The first kappa shape index (κ1) is 18.2. The van der Waals surface area contributed by atoms with Crippen molar-refractivity contribution in [1.82, 2.24) is 10.2 Å². The van der Waals surface area contributed by atoms with Gasteiger partial charge in [-0.05, 0) is 61.2 Å². The zero-order valence-electron chi connectivity index (χ0n) is 15.8. The quantitative estimate of drug-likeness (QED) is 0.876. The fourth-order valence-electron chi connectivity index (χ4n) is 3.94. The van der Waals surface area contributed by atoms with Crippen LogP contribution in [-0.4, -0.2) is 43.2 Å². The van der Waals surface area contributed by atoms with Gasteiger partial charge in [0.2, 0.25) is 0 Å². The minimum atomic E-state index is -0.0194. The molecule has 0 radical (unpaired) electrons. The first-order valence-corrected chi connectivity index (χ1v) is 10.1. The highest BCUT2D eigenvalue weighted by Gasteiger charge is 2.18. The third kappa shape index (κ3) is 4.76. The zero-order valence-corrected chi connectivity index (χ0v) is 15.8. The Hall–Kier alpha value is -2.17. The Morgan fingerprint density at radius 1 is 1.04 bits per heavy atom. The summed E-state index contributed by atoms with van der Waals surface area (Å²) in [6, 6.07) is 16.8. The van der Waals surface area contributed by atoms with Crippen molar-refractivity contribution >= 4 is 5.91 Å². The number of hydrogen-bond acceptors (Lipinski definition) is 3. The van der Waals surface area contributed by atoms with E-state index in [-0.39, 0.29) is 11.9 Å². The summed E-state index contributed by atoms with van der Waals surface area (Å²) in [5.41, 5.74) is 4.29. The topological polar surface area (TPSA) is 41.6 Å². The normalized spacial score (nSPS) is 20.5. The number of carbonyl (C=O) groups excluding carboxylic acids is 1. The molecule has 1 amide bonds. The average molecular weight is 364 g/mol. The summed E-state index contributed by atoms with van der Waals surface area (Å²) < 4.78 is 5.33. The fraction of sp³-hybridized carbons (Fsp3) is 0.435. The Morgan fingerprint density at radius 2 is 1.85 bits per heavy atom. The molecule has 2 heterocycles. The molecule has 0 aliphatic carbocycles. The molecule has 2 aliphatic heterocycles. The van der Waals surface area contributed by atoms with Crippen LogP contribution in [-0.2, 0) is 11.3 Å². The van der Waals surface area contributed by atoms with Crippen molar-refractivity contribution < 1.29 is 9.53 Å². The van der Waals surface area contributed by atoms with Gasteiger partial charge in [0.15, 0.2) is 0 Å². The SMILES string of the molecule is O=C(N[C@@H]1CCOC1)c1cccc(-c2ccc(CN3CCCCC3)cc2)c1. The smallest absolute Gasteiger partial charge is 0.251 e. The van der Waals surface area contributed by atoms with Crippen LogP contribution in [0.1, 0.15) is 41.6 Å². The van der Waals surface area contributed by atoms with E-state index in [0.29, 0.717) is 12.2 Å². The van der Waals surface area contributed by atoms with Crippen LogP contribution >= 0.6 is 0 Å². The van der Waals surface area contributed by atoms with Crippen LogP contribution in [0.4, 0.5) is 0 Å². The number of nitrogens with zero attached hydrogens (tertiary/aromatic N) is 1. The fourth-order valence-corrected chi connectivity index (χ4v) is 3.94. The number of likely N-dealkylation sites (tertiary alicyclic amines) is 1. The summed E-state index contributed by atoms with van der Waals surface area (Å²) in [6.07, 6.45) is 4.90. The molecule has 0 saturated carbocycles. The molecule has 27 heavy (non-hydrogen) atoms. The molecule has 0 spiro atoms. The van der Waals surface area contributed by atoms with E-state index in [0.717, 1.165) is 30.7 Å². The second-order valence-electron chi connectivity index (χ2n) is 7.65. The largest absolute Gasteiger partial charge is 0.379 e. The monoisotopic (exact) mass is 364 g/mol. The summed E-state index contributed by atoms with van der Waals surface area (Å²) in [5.74, 6) is -0.0194. The van der Waals surface area contributed by atoms with Gasteiger partial charge < -0.3 is 10.1 Å². The molecule has 2 saturated heterocycles. The van der Waals surface area contributed by atoms with Crippen LogP contribution in [0.3, 0.4) is 0 Å². The van der Waals surface area contributed by atoms with Gasteiger partial charge >= 0.3 is 0 Å². The number of hydrogen-bond donors (Lipinski definition) is 1. The van der Waals surface area contributed by atoms with Gasteiger partial charge in [-0.15, -0.1) is 0 Å². The molecular weight excluding hydrogens is 336 g/mol. The van der Waals surface area contributed by atoms with Crippen LogP contribution in [0.15, 0.2) is 48.5 Å². The van der Waals surface area contributed by atoms with Crippen LogP contribution in [0, 0.1) is 0 Å². The lowest BCUT2D eigenvalue weighted by molar-refractivity contribution is 0.0930. The Balaban J connectivity index is 1.42. The van der Waals surface area contributed by atoms with Gasteiger partial charge in [0.05, 0.1) is 12.6 Å². The summed E-state index contributed by atoms with van der Waals surface area (Å²) in [5, 5.41) is 3.06. The predicted molar refractivity (Wildman–Crippen MR) is 108 cm³/mol. The molecule has 1 atom stereocenters. The number of carbonyl (C=O) groups is 1. The van der Waals surface area contributed by atoms with Gasteiger partial charge in [-0.3, -0.25) is 9.69 Å². The van der Waals surface area contributed by atoms with Crippen molar-refractivity contribution in [2.45, 2.75) is 38.3 Å². The van der Waals surface area contributed by atoms with Gasteiger partial charge in [-0.1, -0.05) is 42.8 Å². The molecule has 4 heteroatoms. The molecule has 0 unspecified atom stereocenters. The van der Waals surface area contributed by atoms with Crippen LogP contribution in [0.2, 0.25) is 0 Å². The van der Waals surface area contributed by atoms with E-state index >= 15 is 0 Å². The van der Waals surface area contributed by atoms with Crippen molar-refractivity contribution in [3.8, 4) is 11.1 Å². The van der Waals surface area contributed by atoms with Gasteiger partial charge in [0, 0.05) is 18.7 Å². The van der Waals surface area contributed by atoms with E-state index in [1.165, 1.54) is 37.9 Å². The number of piperidine rings is 1. The molecule has 2 aromatic rings. The van der Waals surface area contributed by atoms with Crippen molar-refractivity contribution in [2.75, 3.05) is 26.3 Å². The molecule has 4 rings (SSSR count). The van der Waals surface area contributed by atoms with Crippen molar-refractivity contribution in [2.24, 2.45) is 0 Å². The Labute approximate surface area is 161 Å². The molecule has 1 N–H and O–H groups in total. The lowest BCUT2D eigenvalue weighted by Crippen LogP contribution is -2.34. The maximum absolute atomic E-state index is 12.5. The number of ether oxygens (including phenoxy) is 1. The first-order chi connectivity index (χ1) is 13.3. The van der Waals surface area contributed by atoms with Gasteiger partial charge in [-0.25, -0.2) is 0 Å². The third-order valence-electron chi connectivity index (χ3n) is 5.53. The van der Waals surface area contributed by atoms with E-state index in [1.807, 2.05) is 18.2 Å². The molecule has 2 aliphatic rings. The summed E-state index contributed by atoms with van der Waals surface area (Å²) in [4.78, 5) is 15.0. The molecule has 4 nitrogen and oxygen atoms in total. The second kappa shape index (κ2) is 8.68. The average Bonchev–Trinajstić information content (AvgIpc) is 3.22. The minimum Gasteiger partial charge on any atom is -0.379 e.